The number of rotatable bonds is 3. The normalized spacial score (nSPS) is 12.5. The van der Waals surface area contributed by atoms with Gasteiger partial charge in [0.05, 0.1) is 6.04 Å². The minimum Gasteiger partial charge on any atom is -0.508 e. The Morgan fingerprint density at radius 2 is 1.86 bits per heavy atom. The van der Waals surface area contributed by atoms with E-state index in [2.05, 4.69) is 43.4 Å². The summed E-state index contributed by atoms with van der Waals surface area (Å²) < 4.78 is 1.33. The van der Waals surface area contributed by atoms with E-state index in [9.17, 15) is 5.11 Å². The quantitative estimate of drug-likeness (QED) is 0.635. The maximum Gasteiger partial charge on any atom is 0.118 e. The molecule has 0 aliphatic rings. The third kappa shape index (κ3) is 2.61. The molecule has 2 aromatic carbocycles. The van der Waals surface area contributed by atoms with Gasteiger partial charge in [0, 0.05) is 15.3 Å². The first-order valence-corrected chi connectivity index (χ1v) is 7.92. The Balaban J connectivity index is 1.91. The lowest BCUT2D eigenvalue weighted by Crippen LogP contribution is -2.06. The van der Waals surface area contributed by atoms with E-state index in [1.165, 1.54) is 20.5 Å². The molecular formula is C18H19NOS. The highest BCUT2D eigenvalue weighted by atomic mass is 32.1. The fourth-order valence-electron chi connectivity index (χ4n) is 2.67. The topological polar surface area (TPSA) is 32.3 Å². The molecule has 21 heavy (non-hydrogen) atoms. The summed E-state index contributed by atoms with van der Waals surface area (Å²) in [7, 11) is 0. The van der Waals surface area contributed by atoms with Crippen LogP contribution >= 0.6 is 11.3 Å². The van der Waals surface area contributed by atoms with E-state index in [4.69, 9.17) is 0 Å². The van der Waals surface area contributed by atoms with Gasteiger partial charge >= 0.3 is 0 Å². The van der Waals surface area contributed by atoms with Gasteiger partial charge in [-0.05, 0) is 61.5 Å². The number of phenols is 1. The van der Waals surface area contributed by atoms with Crippen molar-refractivity contribution >= 4 is 27.1 Å². The second-order valence-corrected chi connectivity index (χ2v) is 6.54. The summed E-state index contributed by atoms with van der Waals surface area (Å²) in [4.78, 5) is 1.36. The summed E-state index contributed by atoms with van der Waals surface area (Å²) in [5.74, 6) is 0.339. The number of benzene rings is 2. The molecule has 0 aliphatic carbocycles. The molecule has 0 fully saturated rings. The number of hydrogen-bond acceptors (Lipinski definition) is 3. The summed E-state index contributed by atoms with van der Waals surface area (Å²) in [6, 6.07) is 14.4. The van der Waals surface area contributed by atoms with Gasteiger partial charge in [-0.15, -0.1) is 11.3 Å². The van der Waals surface area contributed by atoms with E-state index in [1.54, 1.807) is 6.07 Å². The lowest BCUT2D eigenvalue weighted by Gasteiger charge is -2.15. The maximum absolute atomic E-state index is 9.61. The van der Waals surface area contributed by atoms with Gasteiger partial charge in [-0.1, -0.05) is 18.2 Å². The summed E-state index contributed by atoms with van der Waals surface area (Å²) >= 11 is 1.85. The highest BCUT2D eigenvalue weighted by molar-refractivity contribution is 7.19. The van der Waals surface area contributed by atoms with Gasteiger partial charge in [0.2, 0.25) is 0 Å². The first kappa shape index (κ1) is 14.0. The van der Waals surface area contributed by atoms with Crippen molar-refractivity contribution in [1.82, 2.24) is 0 Å². The molecule has 1 aromatic heterocycles. The highest BCUT2D eigenvalue weighted by Crippen LogP contribution is 2.36. The fraction of sp³-hybridized carbons (Fsp3) is 0.222. The van der Waals surface area contributed by atoms with E-state index >= 15 is 0 Å². The Hall–Kier alpha value is -2.00. The van der Waals surface area contributed by atoms with Crippen molar-refractivity contribution in [2.45, 2.75) is 26.8 Å². The zero-order valence-electron chi connectivity index (χ0n) is 12.5. The average Bonchev–Trinajstić information content (AvgIpc) is 2.81. The molecule has 1 unspecified atom stereocenters. The Labute approximate surface area is 129 Å². The number of thiophene rings is 1. The summed E-state index contributed by atoms with van der Waals surface area (Å²) in [5.41, 5.74) is 3.28. The molecule has 3 heteroatoms. The van der Waals surface area contributed by atoms with Crippen molar-refractivity contribution in [3.63, 3.8) is 0 Å². The van der Waals surface area contributed by atoms with Gasteiger partial charge in [-0.2, -0.15) is 0 Å². The predicted molar refractivity (Wildman–Crippen MR) is 91.4 cm³/mol. The van der Waals surface area contributed by atoms with Crippen LogP contribution in [0.15, 0.2) is 42.5 Å². The smallest absolute Gasteiger partial charge is 0.118 e. The van der Waals surface area contributed by atoms with E-state index in [0.717, 1.165) is 11.3 Å². The molecule has 108 valence electrons. The molecule has 0 radical (unpaired) electrons. The third-order valence-electron chi connectivity index (χ3n) is 3.85. The SMILES string of the molecule is Cc1cc(NC(C)c2sc3ccccc3c2C)ccc1O. The number of hydrogen-bond donors (Lipinski definition) is 2. The Bertz CT molecular complexity index is 791. The van der Waals surface area contributed by atoms with Gasteiger partial charge in [-0.25, -0.2) is 0 Å². The minimum absolute atomic E-state index is 0.242. The highest BCUT2D eigenvalue weighted by Gasteiger charge is 2.14. The van der Waals surface area contributed by atoms with Gasteiger partial charge in [0.25, 0.3) is 0 Å². The van der Waals surface area contributed by atoms with Crippen LogP contribution in [-0.2, 0) is 0 Å². The fourth-order valence-corrected chi connectivity index (χ4v) is 3.88. The van der Waals surface area contributed by atoms with Crippen LogP contribution in [0.4, 0.5) is 5.69 Å². The molecule has 0 amide bonds. The lowest BCUT2D eigenvalue weighted by atomic mass is 10.1. The van der Waals surface area contributed by atoms with Crippen molar-refractivity contribution in [2.24, 2.45) is 0 Å². The third-order valence-corrected chi connectivity index (χ3v) is 5.31. The number of nitrogens with one attached hydrogen (secondary N) is 1. The zero-order valence-corrected chi connectivity index (χ0v) is 13.3. The van der Waals surface area contributed by atoms with Gasteiger partial charge < -0.3 is 10.4 Å². The number of phenolic OH excluding ortho intramolecular Hbond substituents is 1. The van der Waals surface area contributed by atoms with Crippen molar-refractivity contribution in [1.29, 1.82) is 0 Å². The molecule has 3 aromatic rings. The van der Waals surface area contributed by atoms with Crippen LogP contribution in [0, 0.1) is 13.8 Å². The molecule has 0 aliphatic heterocycles. The molecule has 0 bridgehead atoms. The van der Waals surface area contributed by atoms with Crippen molar-refractivity contribution < 1.29 is 5.11 Å². The Morgan fingerprint density at radius 3 is 2.57 bits per heavy atom. The largest absolute Gasteiger partial charge is 0.508 e. The Morgan fingerprint density at radius 1 is 1.10 bits per heavy atom. The second kappa shape index (κ2) is 5.41. The van der Waals surface area contributed by atoms with E-state index in [-0.39, 0.29) is 6.04 Å². The zero-order chi connectivity index (χ0) is 15.0. The van der Waals surface area contributed by atoms with Gasteiger partial charge in [0.1, 0.15) is 5.75 Å². The molecule has 1 atom stereocenters. The molecule has 2 N–H and O–H groups in total. The Kier molecular flexibility index (Phi) is 3.60. The molecule has 0 saturated carbocycles. The van der Waals surface area contributed by atoms with Crippen molar-refractivity contribution in [3.8, 4) is 5.75 Å². The monoisotopic (exact) mass is 297 g/mol. The van der Waals surface area contributed by atoms with E-state index < -0.39 is 0 Å². The van der Waals surface area contributed by atoms with Crippen LogP contribution in [0.3, 0.4) is 0 Å². The molecule has 0 saturated heterocycles. The minimum atomic E-state index is 0.242. The summed E-state index contributed by atoms with van der Waals surface area (Å²) in [5, 5.41) is 14.5. The molecule has 0 spiro atoms. The number of aryl methyl sites for hydroxylation is 2. The van der Waals surface area contributed by atoms with E-state index in [1.807, 2.05) is 30.4 Å². The number of fused-ring (bicyclic) bond motifs is 1. The van der Waals surface area contributed by atoms with Crippen LogP contribution in [-0.4, -0.2) is 5.11 Å². The van der Waals surface area contributed by atoms with Crippen molar-refractivity contribution in [3.05, 3.63) is 58.5 Å². The maximum atomic E-state index is 9.61. The summed E-state index contributed by atoms with van der Waals surface area (Å²) in [6.07, 6.45) is 0. The standard InChI is InChI=1S/C18H19NOS/c1-11-10-14(8-9-16(11)20)19-13(3)18-12(2)15-6-4-5-7-17(15)21-18/h4-10,13,19-20H,1-3H3. The van der Waals surface area contributed by atoms with Crippen LogP contribution in [0.25, 0.3) is 10.1 Å². The molecule has 1 heterocycles. The van der Waals surface area contributed by atoms with Crippen LogP contribution in [0.2, 0.25) is 0 Å². The van der Waals surface area contributed by atoms with Crippen molar-refractivity contribution in [2.75, 3.05) is 5.32 Å². The predicted octanol–water partition coefficient (Wildman–Crippen LogP) is 5.40. The van der Waals surface area contributed by atoms with Crippen LogP contribution < -0.4 is 5.32 Å². The first-order chi connectivity index (χ1) is 10.1. The number of aromatic hydroxyl groups is 1. The van der Waals surface area contributed by atoms with E-state index in [0.29, 0.717) is 5.75 Å². The van der Waals surface area contributed by atoms with Crippen LogP contribution in [0.1, 0.15) is 29.0 Å². The second-order valence-electron chi connectivity index (χ2n) is 5.45. The van der Waals surface area contributed by atoms with Gasteiger partial charge in [-0.3, -0.25) is 0 Å². The molecule has 2 nitrogen and oxygen atoms in total. The molecule has 3 rings (SSSR count). The van der Waals surface area contributed by atoms with Gasteiger partial charge in [0.15, 0.2) is 0 Å². The van der Waals surface area contributed by atoms with Crippen LogP contribution in [0.5, 0.6) is 5.75 Å². The number of anilines is 1. The molecular weight excluding hydrogens is 278 g/mol. The summed E-state index contributed by atoms with van der Waals surface area (Å²) in [6.45, 7) is 6.28. The first-order valence-electron chi connectivity index (χ1n) is 7.10. The average molecular weight is 297 g/mol. The lowest BCUT2D eigenvalue weighted by molar-refractivity contribution is 0.471.